The lowest BCUT2D eigenvalue weighted by Gasteiger charge is -2.07. The molecular formula is C19H17FN2O3. The molecule has 25 heavy (non-hydrogen) atoms. The molecule has 2 aromatic rings. The predicted molar refractivity (Wildman–Crippen MR) is 93.2 cm³/mol. The van der Waals surface area contributed by atoms with Crippen molar-refractivity contribution in [3.05, 3.63) is 65.1 Å². The molecule has 6 heteroatoms. The summed E-state index contributed by atoms with van der Waals surface area (Å²) in [4.78, 5) is 16.4. The molecule has 1 N–H and O–H groups in total. The van der Waals surface area contributed by atoms with E-state index in [2.05, 4.69) is 10.3 Å². The van der Waals surface area contributed by atoms with Gasteiger partial charge in [0.15, 0.2) is 11.5 Å². The number of nitrogens with zero attached hydrogens (tertiary/aromatic N) is 1. The van der Waals surface area contributed by atoms with Gasteiger partial charge in [-0.25, -0.2) is 9.38 Å². The van der Waals surface area contributed by atoms with Crippen LogP contribution in [0.25, 0.3) is 6.08 Å². The summed E-state index contributed by atoms with van der Waals surface area (Å²) in [5, 5.41) is 2.73. The van der Waals surface area contributed by atoms with Gasteiger partial charge in [0, 0.05) is 6.42 Å². The van der Waals surface area contributed by atoms with Gasteiger partial charge >= 0.3 is 0 Å². The van der Waals surface area contributed by atoms with E-state index in [4.69, 9.17) is 9.47 Å². The Bertz CT molecular complexity index is 857. The Morgan fingerprint density at radius 3 is 2.48 bits per heavy atom. The number of amidine groups is 1. The molecule has 1 heterocycles. The standard InChI is InChI=1S/C19H17FN2O3/c1-24-16-8-5-13(10-17(16)25-2)9-15-19(23)22-18(21-15)11-12-3-6-14(20)7-4-12/h3-10H,11H2,1-2H3,(H,21,22,23)/b15-9+. The molecule has 0 aromatic heterocycles. The molecule has 1 amide bonds. The maximum Gasteiger partial charge on any atom is 0.275 e. The minimum Gasteiger partial charge on any atom is -0.493 e. The number of hydrogen-bond acceptors (Lipinski definition) is 4. The van der Waals surface area contributed by atoms with Crippen molar-refractivity contribution >= 4 is 17.8 Å². The first-order chi connectivity index (χ1) is 12.1. The monoisotopic (exact) mass is 340 g/mol. The first-order valence-corrected chi connectivity index (χ1v) is 7.66. The van der Waals surface area contributed by atoms with Gasteiger partial charge < -0.3 is 14.8 Å². The number of halogens is 1. The van der Waals surface area contributed by atoms with Crippen molar-refractivity contribution in [1.29, 1.82) is 0 Å². The Morgan fingerprint density at radius 1 is 1.08 bits per heavy atom. The van der Waals surface area contributed by atoms with Crippen LogP contribution in [0.1, 0.15) is 11.1 Å². The second kappa shape index (κ2) is 7.17. The van der Waals surface area contributed by atoms with E-state index in [9.17, 15) is 9.18 Å². The van der Waals surface area contributed by atoms with Crippen LogP contribution in [-0.2, 0) is 11.2 Å². The largest absolute Gasteiger partial charge is 0.493 e. The molecule has 1 aliphatic rings. The molecule has 0 aliphatic carbocycles. The summed E-state index contributed by atoms with van der Waals surface area (Å²) in [6, 6.07) is 11.4. The molecule has 5 nitrogen and oxygen atoms in total. The Morgan fingerprint density at radius 2 is 1.80 bits per heavy atom. The van der Waals surface area contributed by atoms with Crippen molar-refractivity contribution in [2.24, 2.45) is 4.99 Å². The third-order valence-electron chi connectivity index (χ3n) is 3.74. The van der Waals surface area contributed by atoms with Crippen LogP contribution in [0.2, 0.25) is 0 Å². The number of carbonyl (C=O) groups excluding carboxylic acids is 1. The van der Waals surface area contributed by atoms with Crippen molar-refractivity contribution in [3.8, 4) is 11.5 Å². The molecule has 0 radical (unpaired) electrons. The summed E-state index contributed by atoms with van der Waals surface area (Å²) < 4.78 is 23.4. The number of amides is 1. The van der Waals surface area contributed by atoms with Crippen molar-refractivity contribution in [3.63, 3.8) is 0 Å². The Hall–Kier alpha value is -3.15. The zero-order valence-electron chi connectivity index (χ0n) is 13.9. The van der Waals surface area contributed by atoms with Gasteiger partial charge in [0.25, 0.3) is 5.91 Å². The van der Waals surface area contributed by atoms with Crippen LogP contribution in [0, 0.1) is 5.82 Å². The van der Waals surface area contributed by atoms with Gasteiger partial charge in [0.2, 0.25) is 0 Å². The van der Waals surface area contributed by atoms with Crippen LogP contribution < -0.4 is 14.8 Å². The highest BCUT2D eigenvalue weighted by Crippen LogP contribution is 2.28. The lowest BCUT2D eigenvalue weighted by molar-refractivity contribution is -0.115. The number of hydrogen-bond donors (Lipinski definition) is 1. The number of carbonyl (C=O) groups is 1. The number of aliphatic imine (C=N–C) groups is 1. The Labute approximate surface area is 144 Å². The molecular weight excluding hydrogens is 323 g/mol. The first kappa shape index (κ1) is 16.7. The maximum absolute atomic E-state index is 13.0. The van der Waals surface area contributed by atoms with Gasteiger partial charge in [-0.05, 0) is 41.5 Å². The van der Waals surface area contributed by atoms with E-state index < -0.39 is 0 Å². The average molecular weight is 340 g/mol. The minimum atomic E-state index is -0.296. The molecule has 0 saturated carbocycles. The Balaban J connectivity index is 1.82. The molecule has 0 unspecified atom stereocenters. The van der Waals surface area contributed by atoms with Crippen molar-refractivity contribution < 1.29 is 18.7 Å². The normalized spacial score (nSPS) is 15.1. The highest BCUT2D eigenvalue weighted by Gasteiger charge is 2.20. The Kier molecular flexibility index (Phi) is 4.79. The SMILES string of the molecule is COc1ccc(/C=C2/N=C(Cc3ccc(F)cc3)NC2=O)cc1OC. The van der Waals surface area contributed by atoms with Crippen LogP contribution >= 0.6 is 0 Å². The average Bonchev–Trinajstić information content (AvgIpc) is 2.96. The molecule has 0 atom stereocenters. The van der Waals surface area contributed by atoms with E-state index in [1.807, 2.05) is 6.07 Å². The number of nitrogens with one attached hydrogen (secondary N) is 1. The van der Waals surface area contributed by atoms with E-state index >= 15 is 0 Å². The third kappa shape index (κ3) is 3.85. The topological polar surface area (TPSA) is 59.9 Å². The fourth-order valence-corrected chi connectivity index (χ4v) is 2.50. The first-order valence-electron chi connectivity index (χ1n) is 7.66. The molecule has 3 rings (SSSR count). The van der Waals surface area contributed by atoms with E-state index in [-0.39, 0.29) is 11.7 Å². The van der Waals surface area contributed by atoms with Crippen molar-refractivity contribution in [2.45, 2.75) is 6.42 Å². The fourth-order valence-electron chi connectivity index (χ4n) is 2.50. The summed E-state index contributed by atoms with van der Waals surface area (Å²) in [5.74, 6) is 1.15. The van der Waals surface area contributed by atoms with E-state index in [0.29, 0.717) is 29.5 Å². The third-order valence-corrected chi connectivity index (χ3v) is 3.74. The fraction of sp³-hybridized carbons (Fsp3) is 0.158. The molecule has 1 aliphatic heterocycles. The highest BCUT2D eigenvalue weighted by molar-refractivity contribution is 6.14. The summed E-state index contributed by atoms with van der Waals surface area (Å²) in [7, 11) is 3.11. The quantitative estimate of drug-likeness (QED) is 0.852. The zero-order chi connectivity index (χ0) is 17.8. The van der Waals surface area contributed by atoms with Crippen LogP contribution in [0.3, 0.4) is 0 Å². The molecule has 0 fully saturated rings. The van der Waals surface area contributed by atoms with Gasteiger partial charge in [-0.15, -0.1) is 0 Å². The van der Waals surface area contributed by atoms with Crippen LogP contribution in [0.15, 0.2) is 53.2 Å². The second-order valence-corrected chi connectivity index (χ2v) is 5.46. The number of benzene rings is 2. The summed E-state index contributed by atoms with van der Waals surface area (Å²) >= 11 is 0. The smallest absolute Gasteiger partial charge is 0.275 e. The minimum absolute atomic E-state index is 0.271. The second-order valence-electron chi connectivity index (χ2n) is 5.46. The van der Waals surface area contributed by atoms with Gasteiger partial charge in [0.05, 0.1) is 14.2 Å². The predicted octanol–water partition coefficient (Wildman–Crippen LogP) is 2.95. The van der Waals surface area contributed by atoms with Crippen LogP contribution in [0.5, 0.6) is 11.5 Å². The van der Waals surface area contributed by atoms with E-state index in [0.717, 1.165) is 11.1 Å². The van der Waals surface area contributed by atoms with Crippen LogP contribution in [-0.4, -0.2) is 26.0 Å². The lowest BCUT2D eigenvalue weighted by atomic mass is 10.1. The molecule has 0 bridgehead atoms. The lowest BCUT2D eigenvalue weighted by Crippen LogP contribution is -2.25. The van der Waals surface area contributed by atoms with E-state index in [1.165, 1.54) is 12.1 Å². The summed E-state index contributed by atoms with van der Waals surface area (Å²) in [6.45, 7) is 0. The molecule has 2 aromatic carbocycles. The zero-order valence-corrected chi connectivity index (χ0v) is 13.9. The number of methoxy groups -OCH3 is 2. The molecule has 0 spiro atoms. The number of rotatable bonds is 5. The van der Waals surface area contributed by atoms with Gasteiger partial charge in [-0.3, -0.25) is 4.79 Å². The van der Waals surface area contributed by atoms with Gasteiger partial charge in [-0.1, -0.05) is 18.2 Å². The summed E-state index contributed by atoms with van der Waals surface area (Å²) in [6.07, 6.45) is 2.10. The number of ether oxygens (including phenoxy) is 2. The van der Waals surface area contributed by atoms with Crippen LogP contribution in [0.4, 0.5) is 4.39 Å². The maximum atomic E-state index is 13.0. The van der Waals surface area contributed by atoms with Crippen molar-refractivity contribution in [1.82, 2.24) is 5.32 Å². The highest BCUT2D eigenvalue weighted by atomic mass is 19.1. The molecule has 0 saturated heterocycles. The van der Waals surface area contributed by atoms with Gasteiger partial charge in [-0.2, -0.15) is 0 Å². The molecule has 128 valence electrons. The van der Waals surface area contributed by atoms with E-state index in [1.54, 1.807) is 44.6 Å². The van der Waals surface area contributed by atoms with Crippen molar-refractivity contribution in [2.75, 3.05) is 14.2 Å². The summed E-state index contributed by atoms with van der Waals surface area (Å²) in [5.41, 5.74) is 1.95. The van der Waals surface area contributed by atoms with Gasteiger partial charge in [0.1, 0.15) is 17.3 Å².